The molecule has 2 aliphatic heterocycles. The summed E-state index contributed by atoms with van der Waals surface area (Å²) in [5.74, 6) is -0.543. The fourth-order valence-corrected chi connectivity index (χ4v) is 2.02. The van der Waals surface area contributed by atoms with Crippen molar-refractivity contribution in [3.05, 3.63) is 0 Å². The summed E-state index contributed by atoms with van der Waals surface area (Å²) in [6.07, 6.45) is -12.2. The highest BCUT2D eigenvalue weighted by Crippen LogP contribution is 2.33. The quantitative estimate of drug-likeness (QED) is 0.463. The van der Waals surface area contributed by atoms with Gasteiger partial charge in [-0.1, -0.05) is 0 Å². The van der Waals surface area contributed by atoms with E-state index in [2.05, 4.69) is 4.74 Å². The van der Waals surface area contributed by atoms with Gasteiger partial charge in [0.25, 0.3) is 0 Å². The molecule has 0 unspecified atom stereocenters. The number of imide groups is 1. The van der Waals surface area contributed by atoms with Gasteiger partial charge in [0.2, 0.25) is 5.91 Å². The number of aliphatic hydroxyl groups is 3. The van der Waals surface area contributed by atoms with Crippen LogP contribution in [0.3, 0.4) is 0 Å². The van der Waals surface area contributed by atoms with Gasteiger partial charge in [0.1, 0.15) is 12.2 Å². The van der Waals surface area contributed by atoms with Crippen LogP contribution in [0.1, 0.15) is 6.42 Å². The lowest BCUT2D eigenvalue weighted by Gasteiger charge is -2.32. The first kappa shape index (κ1) is 14.1. The van der Waals surface area contributed by atoms with Gasteiger partial charge in [-0.15, -0.1) is 0 Å². The zero-order chi connectivity index (χ0) is 14.4. The molecular formula is C9H12F2N2O6. The molecule has 2 rings (SSSR count). The highest BCUT2D eigenvalue weighted by molar-refractivity contribution is 5.96. The van der Waals surface area contributed by atoms with Crippen molar-refractivity contribution < 1.29 is 38.4 Å². The van der Waals surface area contributed by atoms with Crippen LogP contribution in [0.5, 0.6) is 0 Å². The first-order valence-electron chi connectivity index (χ1n) is 5.44. The number of halogens is 2. The van der Waals surface area contributed by atoms with Gasteiger partial charge in [0.05, 0.1) is 0 Å². The fraction of sp³-hybridized carbons (Fsp3) is 0.778. The third-order valence-electron chi connectivity index (χ3n) is 2.97. The van der Waals surface area contributed by atoms with Crippen LogP contribution in [0, 0.1) is 0 Å². The summed E-state index contributed by atoms with van der Waals surface area (Å²) < 4.78 is 30.1. The smallest absolute Gasteiger partial charge is 0.382 e. The van der Waals surface area contributed by atoms with Crippen LogP contribution in [0.2, 0.25) is 0 Å². The number of hydrogen-bond acceptors (Lipinski definition) is 6. The van der Waals surface area contributed by atoms with Crippen molar-refractivity contribution in [2.45, 2.75) is 37.1 Å². The van der Waals surface area contributed by atoms with Crippen LogP contribution in [0.25, 0.3) is 0 Å². The molecule has 10 heteroatoms. The molecule has 0 aromatic rings. The van der Waals surface area contributed by atoms with Gasteiger partial charge in [-0.05, 0) is 0 Å². The van der Waals surface area contributed by atoms with E-state index < -0.39 is 42.6 Å². The molecule has 0 aliphatic carbocycles. The zero-order valence-electron chi connectivity index (χ0n) is 9.49. The van der Waals surface area contributed by atoms with E-state index in [1.807, 2.05) is 5.32 Å². The van der Waals surface area contributed by atoms with Crippen molar-refractivity contribution in [1.82, 2.24) is 10.2 Å². The van der Waals surface area contributed by atoms with Crippen LogP contribution in [-0.2, 0) is 9.53 Å². The highest BCUT2D eigenvalue weighted by atomic mass is 19.3. The first-order valence-corrected chi connectivity index (χ1v) is 5.44. The van der Waals surface area contributed by atoms with Crippen LogP contribution in [0.15, 0.2) is 0 Å². The Morgan fingerprint density at radius 3 is 2.42 bits per heavy atom. The van der Waals surface area contributed by atoms with E-state index in [1.165, 1.54) is 0 Å². The molecule has 2 aliphatic rings. The Balaban J connectivity index is 2.14. The van der Waals surface area contributed by atoms with Gasteiger partial charge in [-0.2, -0.15) is 8.78 Å². The summed E-state index contributed by atoms with van der Waals surface area (Å²) in [5.41, 5.74) is 0. The Morgan fingerprint density at radius 2 is 1.95 bits per heavy atom. The molecular weight excluding hydrogens is 270 g/mol. The molecule has 0 aromatic heterocycles. The van der Waals surface area contributed by atoms with Crippen molar-refractivity contribution in [3.63, 3.8) is 0 Å². The SMILES string of the molecule is O=C1CCN([C@H]2O[C@H](C(O)(F)F)[C@@H](O)[C@H]2O)C(=O)N1. The van der Waals surface area contributed by atoms with E-state index in [0.717, 1.165) is 4.90 Å². The third kappa shape index (κ3) is 2.52. The van der Waals surface area contributed by atoms with Crippen LogP contribution in [-0.4, -0.2) is 69.4 Å². The predicted octanol–water partition coefficient (Wildman–Crippen LogP) is -2.04. The molecule has 108 valence electrons. The van der Waals surface area contributed by atoms with E-state index in [9.17, 15) is 28.6 Å². The van der Waals surface area contributed by atoms with Crippen LogP contribution >= 0.6 is 0 Å². The predicted molar refractivity (Wildman–Crippen MR) is 52.7 cm³/mol. The number of aliphatic hydroxyl groups excluding tert-OH is 2. The second-order valence-electron chi connectivity index (χ2n) is 4.31. The third-order valence-corrected chi connectivity index (χ3v) is 2.97. The molecule has 0 saturated carbocycles. The summed E-state index contributed by atoms with van der Waals surface area (Å²) in [6, 6.07) is -0.922. The van der Waals surface area contributed by atoms with E-state index >= 15 is 0 Å². The number of carbonyl (C=O) groups excluding carboxylic acids is 2. The molecule has 4 N–H and O–H groups in total. The molecule has 3 amide bonds. The van der Waals surface area contributed by atoms with Gasteiger partial charge >= 0.3 is 12.1 Å². The van der Waals surface area contributed by atoms with Crippen molar-refractivity contribution in [2.24, 2.45) is 0 Å². The largest absolute Gasteiger partial charge is 0.387 e. The maximum Gasteiger partial charge on any atom is 0.382 e. The summed E-state index contributed by atoms with van der Waals surface area (Å²) in [4.78, 5) is 23.2. The Labute approximate surface area is 105 Å². The number of carbonyl (C=O) groups is 2. The van der Waals surface area contributed by atoms with Gasteiger partial charge in [-0.25, -0.2) is 4.79 Å². The van der Waals surface area contributed by atoms with Crippen molar-refractivity contribution >= 4 is 11.9 Å². The summed E-state index contributed by atoms with van der Waals surface area (Å²) >= 11 is 0. The maximum absolute atomic E-state index is 12.7. The summed E-state index contributed by atoms with van der Waals surface area (Å²) in [6.45, 7) is -0.150. The molecule has 0 bridgehead atoms. The van der Waals surface area contributed by atoms with Crippen LogP contribution < -0.4 is 5.32 Å². The van der Waals surface area contributed by atoms with Crippen LogP contribution in [0.4, 0.5) is 13.6 Å². The molecule has 2 saturated heterocycles. The second kappa shape index (κ2) is 4.63. The maximum atomic E-state index is 12.7. The van der Waals surface area contributed by atoms with Gasteiger partial charge in [-0.3, -0.25) is 15.0 Å². The number of nitrogens with zero attached hydrogens (tertiary/aromatic N) is 1. The fourth-order valence-electron chi connectivity index (χ4n) is 2.02. The molecule has 19 heavy (non-hydrogen) atoms. The van der Waals surface area contributed by atoms with Gasteiger partial charge < -0.3 is 20.1 Å². The van der Waals surface area contributed by atoms with E-state index in [1.54, 1.807) is 0 Å². The second-order valence-corrected chi connectivity index (χ2v) is 4.31. The monoisotopic (exact) mass is 282 g/mol. The van der Waals surface area contributed by atoms with Gasteiger partial charge in [0.15, 0.2) is 12.3 Å². The minimum atomic E-state index is -4.36. The molecule has 0 radical (unpaired) electrons. The first-order chi connectivity index (χ1) is 8.71. The van der Waals surface area contributed by atoms with Crippen molar-refractivity contribution in [2.75, 3.05) is 6.54 Å². The molecule has 2 heterocycles. The number of hydrogen-bond donors (Lipinski definition) is 4. The lowest BCUT2D eigenvalue weighted by atomic mass is 10.1. The average molecular weight is 282 g/mol. The Hall–Kier alpha value is -1.36. The number of rotatable bonds is 2. The standard InChI is InChI=1S/C9H12F2N2O6/c10-9(11,18)6-4(15)5(16)7(19-6)13-2-1-3(14)12-8(13)17/h4-7,15-16,18H,1-2H2,(H,12,14,17)/t4-,5+,6-,7-/m0/s1. The molecule has 0 spiro atoms. The van der Waals surface area contributed by atoms with Gasteiger partial charge in [0, 0.05) is 13.0 Å². The number of ether oxygens (including phenoxy) is 1. The molecule has 2 fully saturated rings. The highest BCUT2D eigenvalue weighted by Gasteiger charge is 2.56. The number of amides is 3. The Morgan fingerprint density at radius 1 is 1.32 bits per heavy atom. The minimum Gasteiger partial charge on any atom is -0.387 e. The topological polar surface area (TPSA) is 119 Å². The average Bonchev–Trinajstić information content (AvgIpc) is 2.56. The summed E-state index contributed by atoms with van der Waals surface area (Å²) in [5, 5.41) is 29.4. The number of urea groups is 1. The number of alkyl halides is 2. The van der Waals surface area contributed by atoms with Crippen molar-refractivity contribution in [1.29, 1.82) is 0 Å². The summed E-state index contributed by atoms with van der Waals surface area (Å²) in [7, 11) is 0. The number of nitrogens with one attached hydrogen (secondary N) is 1. The van der Waals surface area contributed by atoms with E-state index in [0.29, 0.717) is 0 Å². The molecule has 8 nitrogen and oxygen atoms in total. The molecule has 4 atom stereocenters. The minimum absolute atomic E-state index is 0.0887. The Bertz CT molecular complexity index is 401. The Kier molecular flexibility index (Phi) is 3.43. The van der Waals surface area contributed by atoms with E-state index in [-0.39, 0.29) is 13.0 Å². The zero-order valence-corrected chi connectivity index (χ0v) is 9.49. The van der Waals surface area contributed by atoms with Crippen molar-refractivity contribution in [3.8, 4) is 0 Å². The van der Waals surface area contributed by atoms with E-state index in [4.69, 9.17) is 5.11 Å². The molecule has 0 aromatic carbocycles. The lowest BCUT2D eigenvalue weighted by Crippen LogP contribution is -2.56. The normalized spacial score (nSPS) is 36.6. The lowest BCUT2D eigenvalue weighted by molar-refractivity contribution is -0.283.